The van der Waals surface area contributed by atoms with Crippen LogP contribution in [0.1, 0.15) is 54.1 Å². The Morgan fingerprint density at radius 2 is 1.44 bits per heavy atom. The van der Waals surface area contributed by atoms with E-state index in [1.165, 1.54) is 21.9 Å². The molecule has 0 aliphatic rings. The van der Waals surface area contributed by atoms with Crippen LogP contribution in [0.3, 0.4) is 0 Å². The molecule has 0 N–H and O–H groups in total. The first-order valence-corrected chi connectivity index (χ1v) is 21.8. The molecule has 0 saturated heterocycles. The second kappa shape index (κ2) is 15.6. The van der Waals surface area contributed by atoms with Crippen molar-refractivity contribution in [1.29, 1.82) is 0 Å². The smallest absolute Gasteiger partial charge is 0.121 e. The molecule has 5 heteroatoms. The third-order valence-corrected chi connectivity index (χ3v) is 11.8. The first kappa shape index (κ1) is 36.3. The van der Waals surface area contributed by atoms with Crippen molar-refractivity contribution in [3.8, 4) is 22.5 Å². The van der Waals surface area contributed by atoms with Crippen LogP contribution in [0.25, 0.3) is 55.2 Å². The van der Waals surface area contributed by atoms with Crippen LogP contribution < -0.4 is 5.19 Å². The van der Waals surface area contributed by atoms with Crippen LogP contribution in [0.2, 0.25) is 19.6 Å². The van der Waals surface area contributed by atoms with Crippen molar-refractivity contribution in [1.82, 2.24) is 9.97 Å². The summed E-state index contributed by atoms with van der Waals surface area (Å²) in [7, 11) is -1.70. The van der Waals surface area contributed by atoms with Crippen molar-refractivity contribution in [3.63, 3.8) is 0 Å². The number of nitrogens with zero attached hydrogens (tertiary/aromatic N) is 2. The number of aromatic nitrogens is 2. The Kier molecular flexibility index (Phi) is 10.5. The van der Waals surface area contributed by atoms with E-state index in [2.05, 4.69) is 136 Å². The maximum atomic E-state index is 8.75. The molecule has 8 aromatic rings. The number of hydrogen-bond acceptors (Lipinski definition) is 3. The molecule has 0 unspecified atom stereocenters. The molecule has 0 saturated carbocycles. The molecular weight excluding hydrogens is 853 g/mol. The van der Waals surface area contributed by atoms with Gasteiger partial charge in [0.15, 0.2) is 0 Å². The van der Waals surface area contributed by atoms with Gasteiger partial charge in [0.2, 0.25) is 0 Å². The van der Waals surface area contributed by atoms with Gasteiger partial charge in [0.25, 0.3) is 0 Å². The number of benzene rings is 5. The molecule has 275 valence electrons. The van der Waals surface area contributed by atoms with Crippen molar-refractivity contribution in [2.24, 2.45) is 5.41 Å². The zero-order valence-electron chi connectivity index (χ0n) is 34.3. The Hall–Kier alpha value is -4.67. The van der Waals surface area contributed by atoms with Gasteiger partial charge in [0, 0.05) is 46.0 Å². The van der Waals surface area contributed by atoms with Crippen molar-refractivity contribution in [3.05, 3.63) is 163 Å². The molecule has 0 bridgehead atoms. The van der Waals surface area contributed by atoms with E-state index in [9.17, 15) is 0 Å². The Morgan fingerprint density at radius 3 is 2.17 bits per heavy atom. The standard InChI is InChI=1S/C30H22NO.C19H26NSi.Ir/c1-30(2,21-10-4-3-5-11-21)22-17-18-31-26(19-22)24-13-8-14-25-28-23-12-7-6-9-20(23)15-16-27(28)32-29(24)25;1-19(2,3)13-16-12-17(15-10-8-7-9-11-15)20-14-18(16)21(4,5)6;/h3-12,14-19H,1-2H3;7-10,12,14H,13H2,1-6H3;/q2*-1;/i;13D2;. The quantitative estimate of drug-likeness (QED) is 0.123. The van der Waals surface area contributed by atoms with Gasteiger partial charge in [-0.1, -0.05) is 144 Å². The van der Waals surface area contributed by atoms with Crippen molar-refractivity contribution in [2.75, 3.05) is 0 Å². The van der Waals surface area contributed by atoms with Crippen LogP contribution in [0.15, 0.2) is 138 Å². The molecule has 1 radical (unpaired) electrons. The predicted molar refractivity (Wildman–Crippen MR) is 227 cm³/mol. The van der Waals surface area contributed by atoms with E-state index < -0.39 is 19.9 Å². The number of rotatable bonds is 6. The summed E-state index contributed by atoms with van der Waals surface area (Å²) in [6.07, 6.45) is 2.36. The average molecular weight is 903 g/mol. The van der Waals surface area contributed by atoms with Gasteiger partial charge in [-0.15, -0.1) is 54.1 Å². The molecule has 5 aromatic carbocycles. The Bertz CT molecular complexity index is 2620. The van der Waals surface area contributed by atoms with E-state index in [1.807, 2.05) is 69.6 Å². The van der Waals surface area contributed by atoms with E-state index in [0.717, 1.165) is 55.2 Å². The number of fused-ring (bicyclic) bond motifs is 5. The van der Waals surface area contributed by atoms with Gasteiger partial charge in [0.1, 0.15) is 5.58 Å². The fourth-order valence-electron chi connectivity index (χ4n) is 6.94. The van der Waals surface area contributed by atoms with E-state index >= 15 is 0 Å². The number of hydrogen-bond donors (Lipinski definition) is 0. The van der Waals surface area contributed by atoms with E-state index in [4.69, 9.17) is 12.1 Å². The average Bonchev–Trinajstić information content (AvgIpc) is 3.57. The molecule has 3 heterocycles. The summed E-state index contributed by atoms with van der Waals surface area (Å²) >= 11 is 0. The molecule has 8 rings (SSSR count). The molecule has 3 nitrogen and oxygen atoms in total. The third-order valence-electron chi connectivity index (χ3n) is 9.76. The molecule has 0 aliphatic carbocycles. The van der Waals surface area contributed by atoms with Gasteiger partial charge >= 0.3 is 0 Å². The fraction of sp³-hybridized carbons (Fsp3) is 0.224. The fourth-order valence-corrected chi connectivity index (χ4v) is 8.33. The van der Waals surface area contributed by atoms with Crippen molar-refractivity contribution < 1.29 is 27.3 Å². The minimum Gasteiger partial charge on any atom is -0.501 e. The van der Waals surface area contributed by atoms with Gasteiger partial charge in [-0.25, -0.2) is 0 Å². The summed E-state index contributed by atoms with van der Waals surface area (Å²) in [5, 5.41) is 5.75. The molecule has 54 heavy (non-hydrogen) atoms. The van der Waals surface area contributed by atoms with Gasteiger partial charge in [-0.05, 0) is 62.4 Å². The van der Waals surface area contributed by atoms with Crippen LogP contribution in [0.4, 0.5) is 0 Å². The van der Waals surface area contributed by atoms with E-state index in [0.29, 0.717) is 0 Å². The minimum absolute atomic E-state index is 0. The Balaban J connectivity index is 0.000000198. The second-order valence-electron chi connectivity index (χ2n) is 16.3. The summed E-state index contributed by atoms with van der Waals surface area (Å²) in [5.41, 5.74) is 7.82. The summed E-state index contributed by atoms with van der Waals surface area (Å²) in [6.45, 7) is 17.1. The Morgan fingerprint density at radius 1 is 0.704 bits per heavy atom. The van der Waals surface area contributed by atoms with Crippen molar-refractivity contribution >= 4 is 46.0 Å². The molecule has 3 aromatic heterocycles. The maximum absolute atomic E-state index is 8.75. The summed E-state index contributed by atoms with van der Waals surface area (Å²) < 4.78 is 23.9. The first-order chi connectivity index (χ1) is 26.1. The Labute approximate surface area is 338 Å². The molecule has 0 spiro atoms. The summed E-state index contributed by atoms with van der Waals surface area (Å²) in [4.78, 5) is 9.32. The van der Waals surface area contributed by atoms with Crippen LogP contribution in [0.5, 0.6) is 0 Å². The molecule has 0 fully saturated rings. The topological polar surface area (TPSA) is 38.9 Å². The monoisotopic (exact) mass is 903 g/mol. The molecular formula is C49H48IrN2OSi-2. The maximum Gasteiger partial charge on any atom is 0.121 e. The minimum atomic E-state index is -1.70. The van der Waals surface area contributed by atoms with Gasteiger partial charge in [-0.3, -0.25) is 0 Å². The van der Waals surface area contributed by atoms with Gasteiger partial charge < -0.3 is 14.4 Å². The van der Waals surface area contributed by atoms with Crippen LogP contribution in [0, 0.1) is 17.5 Å². The largest absolute Gasteiger partial charge is 0.501 e. The van der Waals surface area contributed by atoms with Gasteiger partial charge in [-0.2, -0.15) is 0 Å². The summed E-state index contributed by atoms with van der Waals surface area (Å²) in [5.74, 6) is 0. The number of pyridine rings is 2. The zero-order valence-corrected chi connectivity index (χ0v) is 35.7. The van der Waals surface area contributed by atoms with Gasteiger partial charge in [0.05, 0.1) is 13.7 Å². The number of furan rings is 1. The van der Waals surface area contributed by atoms with E-state index in [1.54, 1.807) is 0 Å². The first-order valence-electron chi connectivity index (χ1n) is 19.3. The van der Waals surface area contributed by atoms with Crippen LogP contribution in [-0.2, 0) is 31.9 Å². The van der Waals surface area contributed by atoms with Crippen LogP contribution >= 0.6 is 0 Å². The predicted octanol–water partition coefficient (Wildman–Crippen LogP) is 12.6. The molecule has 0 atom stereocenters. The second-order valence-corrected chi connectivity index (χ2v) is 21.3. The zero-order chi connectivity index (χ0) is 39.2. The normalized spacial score (nSPS) is 12.8. The SMILES string of the molecule is CC(C)(c1ccccc1)c1ccnc(-c2[c-]ccc3c2oc2ccc4ccccc4c23)c1.[2H]C([2H])(c1cc(-c2[c-]cccc2)ncc1[Si](C)(C)C)C(C)(C)C.[Ir]. The molecule has 0 aliphatic heterocycles. The molecule has 0 amide bonds. The van der Waals surface area contributed by atoms with Crippen LogP contribution in [-0.4, -0.2) is 18.0 Å². The van der Waals surface area contributed by atoms with Crippen molar-refractivity contribution in [2.45, 2.75) is 66.0 Å². The summed E-state index contributed by atoms with van der Waals surface area (Å²) in [6, 6.07) is 47.8. The third kappa shape index (κ3) is 8.20. The van der Waals surface area contributed by atoms with E-state index in [-0.39, 0.29) is 25.5 Å².